The number of nitrogens with one attached hydrogen (secondary N) is 1. The second kappa shape index (κ2) is 6.22. The summed E-state index contributed by atoms with van der Waals surface area (Å²) >= 11 is 0. The summed E-state index contributed by atoms with van der Waals surface area (Å²) in [4.78, 5) is 14.4. The van der Waals surface area contributed by atoms with Crippen LogP contribution >= 0.6 is 0 Å². The van der Waals surface area contributed by atoms with Gasteiger partial charge in [0.1, 0.15) is 0 Å². The number of hydrogen-bond acceptors (Lipinski definition) is 5. The first kappa shape index (κ1) is 12.6. The molecule has 0 aromatic carbocycles. The van der Waals surface area contributed by atoms with E-state index < -0.39 is 5.97 Å². The summed E-state index contributed by atoms with van der Waals surface area (Å²) in [5, 5.41) is 15.4. The normalized spacial score (nSPS) is 12.6. The van der Waals surface area contributed by atoms with E-state index in [1.54, 1.807) is 6.92 Å². The van der Waals surface area contributed by atoms with Crippen molar-refractivity contribution in [3.8, 4) is 0 Å². The molecule has 1 aromatic heterocycles. The summed E-state index contributed by atoms with van der Waals surface area (Å²) in [6, 6.07) is 0.181. The van der Waals surface area contributed by atoms with E-state index in [4.69, 9.17) is 9.63 Å². The molecule has 90 valence electrons. The van der Waals surface area contributed by atoms with E-state index in [2.05, 4.69) is 15.5 Å². The Morgan fingerprint density at radius 3 is 2.94 bits per heavy atom. The zero-order valence-corrected chi connectivity index (χ0v) is 9.56. The smallest absolute Gasteiger partial charge is 0.303 e. The number of aromatic nitrogens is 2. The quantitative estimate of drug-likeness (QED) is 0.715. The number of aliphatic carboxylic acids is 1. The van der Waals surface area contributed by atoms with Gasteiger partial charge < -0.3 is 14.9 Å². The summed E-state index contributed by atoms with van der Waals surface area (Å²) in [7, 11) is 0. The van der Waals surface area contributed by atoms with Crippen LogP contribution in [0, 0.1) is 6.92 Å². The summed E-state index contributed by atoms with van der Waals surface area (Å²) < 4.78 is 4.95. The minimum Gasteiger partial charge on any atom is -0.481 e. The molecule has 2 N–H and O–H groups in total. The standard InChI is InChI=1S/C10H17N3O3/c1-7(3-4-10(14)15)11-6-5-9-12-8(2)13-16-9/h7,11H,3-6H2,1-2H3,(H,14,15). The lowest BCUT2D eigenvalue weighted by Crippen LogP contribution is -2.28. The Balaban J connectivity index is 2.13. The van der Waals surface area contributed by atoms with Gasteiger partial charge >= 0.3 is 5.97 Å². The fourth-order valence-corrected chi connectivity index (χ4v) is 1.31. The molecule has 0 radical (unpaired) electrons. The van der Waals surface area contributed by atoms with Crippen molar-refractivity contribution in [1.82, 2.24) is 15.5 Å². The van der Waals surface area contributed by atoms with Gasteiger partial charge in [-0.3, -0.25) is 4.79 Å². The molecule has 0 saturated carbocycles. The van der Waals surface area contributed by atoms with Gasteiger partial charge in [0, 0.05) is 25.4 Å². The molecular weight excluding hydrogens is 210 g/mol. The maximum absolute atomic E-state index is 10.3. The minimum atomic E-state index is -0.763. The highest BCUT2D eigenvalue weighted by molar-refractivity contribution is 5.66. The van der Waals surface area contributed by atoms with Crippen molar-refractivity contribution < 1.29 is 14.4 Å². The molecule has 0 saturated heterocycles. The Bertz CT molecular complexity index is 338. The van der Waals surface area contributed by atoms with Crippen LogP contribution in [0.3, 0.4) is 0 Å². The third-order valence-corrected chi connectivity index (χ3v) is 2.19. The third-order valence-electron chi connectivity index (χ3n) is 2.19. The maximum Gasteiger partial charge on any atom is 0.303 e. The highest BCUT2D eigenvalue weighted by atomic mass is 16.5. The van der Waals surface area contributed by atoms with Crippen LogP contribution in [0.1, 0.15) is 31.5 Å². The Labute approximate surface area is 94.0 Å². The van der Waals surface area contributed by atoms with Crippen molar-refractivity contribution in [2.45, 2.75) is 39.2 Å². The predicted octanol–water partition coefficient (Wildman–Crippen LogP) is 0.763. The first-order valence-corrected chi connectivity index (χ1v) is 5.32. The molecule has 0 amide bonds. The van der Waals surface area contributed by atoms with Gasteiger partial charge in [0.05, 0.1) is 0 Å². The van der Waals surface area contributed by atoms with Gasteiger partial charge in [-0.1, -0.05) is 5.16 Å². The van der Waals surface area contributed by atoms with Gasteiger partial charge in [-0.25, -0.2) is 0 Å². The van der Waals surface area contributed by atoms with Gasteiger partial charge in [-0.05, 0) is 20.3 Å². The summed E-state index contributed by atoms with van der Waals surface area (Å²) in [6.07, 6.45) is 1.48. The first-order valence-electron chi connectivity index (χ1n) is 5.32. The van der Waals surface area contributed by atoms with Crippen molar-refractivity contribution in [1.29, 1.82) is 0 Å². The van der Waals surface area contributed by atoms with Gasteiger partial charge in [0.25, 0.3) is 0 Å². The third kappa shape index (κ3) is 4.88. The van der Waals surface area contributed by atoms with Crippen molar-refractivity contribution in [2.75, 3.05) is 6.54 Å². The molecule has 16 heavy (non-hydrogen) atoms. The van der Waals surface area contributed by atoms with Crippen LogP contribution in [0.25, 0.3) is 0 Å². The molecular formula is C10H17N3O3. The topological polar surface area (TPSA) is 88.2 Å². The van der Waals surface area contributed by atoms with Crippen LogP contribution < -0.4 is 5.32 Å². The fourth-order valence-electron chi connectivity index (χ4n) is 1.31. The molecule has 0 bridgehead atoms. The van der Waals surface area contributed by atoms with E-state index in [0.717, 1.165) is 0 Å². The number of carboxylic acids is 1. The van der Waals surface area contributed by atoms with E-state index in [1.165, 1.54) is 0 Å². The zero-order chi connectivity index (χ0) is 12.0. The van der Waals surface area contributed by atoms with Crippen LogP contribution in [0.5, 0.6) is 0 Å². The number of hydrogen-bond donors (Lipinski definition) is 2. The number of carboxylic acid groups (broad SMARTS) is 1. The molecule has 0 spiro atoms. The lowest BCUT2D eigenvalue weighted by Gasteiger charge is -2.10. The number of aryl methyl sites for hydroxylation is 1. The monoisotopic (exact) mass is 227 g/mol. The molecule has 0 fully saturated rings. The largest absolute Gasteiger partial charge is 0.481 e. The molecule has 0 aliphatic heterocycles. The second-order valence-corrected chi connectivity index (χ2v) is 3.77. The lowest BCUT2D eigenvalue weighted by atomic mass is 10.2. The molecule has 0 aliphatic rings. The Morgan fingerprint density at radius 2 is 2.38 bits per heavy atom. The zero-order valence-electron chi connectivity index (χ0n) is 9.56. The van der Waals surface area contributed by atoms with Gasteiger partial charge in [0.2, 0.25) is 5.89 Å². The number of nitrogens with zero attached hydrogens (tertiary/aromatic N) is 2. The van der Waals surface area contributed by atoms with Gasteiger partial charge in [-0.15, -0.1) is 0 Å². The van der Waals surface area contributed by atoms with Crippen molar-refractivity contribution in [3.05, 3.63) is 11.7 Å². The molecule has 1 unspecified atom stereocenters. The summed E-state index contributed by atoms with van der Waals surface area (Å²) in [5.74, 6) is 0.477. The van der Waals surface area contributed by atoms with E-state index in [9.17, 15) is 4.79 Å². The highest BCUT2D eigenvalue weighted by Gasteiger charge is 2.06. The van der Waals surface area contributed by atoms with Crippen LogP contribution in [0.4, 0.5) is 0 Å². The SMILES string of the molecule is Cc1noc(CCNC(C)CCC(=O)O)n1. The van der Waals surface area contributed by atoms with E-state index in [0.29, 0.717) is 31.1 Å². The van der Waals surface area contributed by atoms with E-state index >= 15 is 0 Å². The molecule has 1 aromatic rings. The maximum atomic E-state index is 10.3. The van der Waals surface area contributed by atoms with Crippen molar-refractivity contribution >= 4 is 5.97 Å². The average Bonchev–Trinajstić information content (AvgIpc) is 2.61. The summed E-state index contributed by atoms with van der Waals surface area (Å²) in [6.45, 7) is 4.44. The molecule has 1 heterocycles. The highest BCUT2D eigenvalue weighted by Crippen LogP contribution is 1.98. The molecule has 6 heteroatoms. The molecule has 1 atom stereocenters. The van der Waals surface area contributed by atoms with Gasteiger partial charge in [0.15, 0.2) is 5.82 Å². The fraction of sp³-hybridized carbons (Fsp3) is 0.700. The summed E-state index contributed by atoms with van der Waals surface area (Å²) in [5.41, 5.74) is 0. The number of carbonyl (C=O) groups is 1. The Morgan fingerprint density at radius 1 is 1.62 bits per heavy atom. The number of rotatable bonds is 7. The van der Waals surface area contributed by atoms with Gasteiger partial charge in [-0.2, -0.15) is 4.98 Å². The van der Waals surface area contributed by atoms with Crippen LogP contribution in [0.2, 0.25) is 0 Å². The van der Waals surface area contributed by atoms with Crippen molar-refractivity contribution in [2.24, 2.45) is 0 Å². The predicted molar refractivity (Wildman–Crippen MR) is 57.1 cm³/mol. The molecule has 1 rings (SSSR count). The average molecular weight is 227 g/mol. The van der Waals surface area contributed by atoms with Crippen LogP contribution in [-0.2, 0) is 11.2 Å². The lowest BCUT2D eigenvalue weighted by molar-refractivity contribution is -0.137. The van der Waals surface area contributed by atoms with E-state index in [-0.39, 0.29) is 12.5 Å². The molecule has 6 nitrogen and oxygen atoms in total. The van der Waals surface area contributed by atoms with Crippen LogP contribution in [0.15, 0.2) is 4.52 Å². The Hall–Kier alpha value is -1.43. The second-order valence-electron chi connectivity index (χ2n) is 3.77. The first-order chi connectivity index (χ1) is 7.58. The molecule has 0 aliphatic carbocycles. The van der Waals surface area contributed by atoms with Crippen molar-refractivity contribution in [3.63, 3.8) is 0 Å². The van der Waals surface area contributed by atoms with Crippen LogP contribution in [-0.4, -0.2) is 33.8 Å². The van der Waals surface area contributed by atoms with E-state index in [1.807, 2.05) is 6.92 Å². The Kier molecular flexibility index (Phi) is 4.91. The minimum absolute atomic E-state index is 0.181.